The highest BCUT2D eigenvalue weighted by Crippen LogP contribution is 2.26. The molecule has 1 N–H and O–H groups in total. The molecule has 0 radical (unpaired) electrons. The van der Waals surface area contributed by atoms with Crippen LogP contribution in [0.4, 0.5) is 4.39 Å². The van der Waals surface area contributed by atoms with Crippen LogP contribution in [0.3, 0.4) is 0 Å². The summed E-state index contributed by atoms with van der Waals surface area (Å²) in [6.07, 6.45) is 0.553. The molecule has 120 valence electrons. The van der Waals surface area contributed by atoms with Crippen molar-refractivity contribution in [1.82, 2.24) is 4.72 Å². The number of nitrogens with one attached hydrogen (secondary N) is 1. The number of fused-ring (bicyclic) bond motifs is 1. The standard InChI is InChI=1S/C17H16FNO2S2/c1-12(10-13-11-22-16-8-4-2-6-14(13)16)19-23(20,21)17-9-5-3-7-15(17)18/h2-9,11-12,19H,10H2,1H3/t12-/m0/s1. The molecule has 0 amide bonds. The van der Waals surface area contributed by atoms with E-state index in [4.69, 9.17) is 0 Å². The van der Waals surface area contributed by atoms with Crippen LogP contribution in [0.25, 0.3) is 10.1 Å². The average Bonchev–Trinajstić information content (AvgIpc) is 2.90. The molecule has 3 nitrogen and oxygen atoms in total. The number of halogens is 1. The van der Waals surface area contributed by atoms with E-state index in [0.29, 0.717) is 6.42 Å². The van der Waals surface area contributed by atoms with Crippen LogP contribution >= 0.6 is 11.3 Å². The van der Waals surface area contributed by atoms with Crippen LogP contribution < -0.4 is 4.72 Å². The van der Waals surface area contributed by atoms with Crippen molar-refractivity contribution in [2.75, 3.05) is 0 Å². The first-order chi connectivity index (χ1) is 11.0. The van der Waals surface area contributed by atoms with E-state index in [9.17, 15) is 12.8 Å². The van der Waals surface area contributed by atoms with Gasteiger partial charge in [0.25, 0.3) is 0 Å². The highest BCUT2D eigenvalue weighted by molar-refractivity contribution is 7.89. The first kappa shape index (κ1) is 16.1. The second-order valence-electron chi connectivity index (χ2n) is 5.41. The fourth-order valence-electron chi connectivity index (χ4n) is 2.55. The lowest BCUT2D eigenvalue weighted by Crippen LogP contribution is -2.34. The molecule has 0 saturated heterocycles. The molecule has 2 aromatic carbocycles. The maximum Gasteiger partial charge on any atom is 0.243 e. The molecule has 3 aromatic rings. The van der Waals surface area contributed by atoms with Crippen LogP contribution in [-0.4, -0.2) is 14.5 Å². The molecule has 6 heteroatoms. The van der Waals surface area contributed by atoms with Crippen molar-refractivity contribution >= 4 is 31.4 Å². The molecule has 1 atom stereocenters. The van der Waals surface area contributed by atoms with E-state index in [-0.39, 0.29) is 10.9 Å². The Morgan fingerprint density at radius 3 is 2.61 bits per heavy atom. The number of rotatable bonds is 5. The molecule has 3 rings (SSSR count). The van der Waals surface area contributed by atoms with Gasteiger partial charge >= 0.3 is 0 Å². The molecule has 23 heavy (non-hydrogen) atoms. The molecule has 1 heterocycles. The van der Waals surface area contributed by atoms with Crippen molar-refractivity contribution < 1.29 is 12.8 Å². The summed E-state index contributed by atoms with van der Waals surface area (Å²) in [5.74, 6) is -0.742. The third kappa shape index (κ3) is 3.44. The summed E-state index contributed by atoms with van der Waals surface area (Å²) in [7, 11) is -3.87. The first-order valence-corrected chi connectivity index (χ1v) is 9.55. The summed E-state index contributed by atoms with van der Waals surface area (Å²) in [4.78, 5) is -0.318. The summed E-state index contributed by atoms with van der Waals surface area (Å²) in [6.45, 7) is 1.78. The van der Waals surface area contributed by atoms with Crippen LogP contribution in [0, 0.1) is 5.82 Å². The lowest BCUT2D eigenvalue weighted by atomic mass is 10.1. The Kier molecular flexibility index (Phi) is 4.48. The van der Waals surface area contributed by atoms with Gasteiger partial charge in [0, 0.05) is 10.7 Å². The lowest BCUT2D eigenvalue weighted by molar-refractivity contribution is 0.542. The van der Waals surface area contributed by atoms with Crippen LogP contribution in [0.5, 0.6) is 0 Å². The predicted molar refractivity (Wildman–Crippen MR) is 91.7 cm³/mol. The van der Waals surface area contributed by atoms with Crippen LogP contribution in [-0.2, 0) is 16.4 Å². The van der Waals surface area contributed by atoms with Crippen molar-refractivity contribution in [3.05, 3.63) is 65.3 Å². The van der Waals surface area contributed by atoms with E-state index in [2.05, 4.69) is 4.72 Å². The van der Waals surface area contributed by atoms with E-state index < -0.39 is 15.8 Å². The minimum Gasteiger partial charge on any atom is -0.208 e. The molecule has 0 saturated carbocycles. The Balaban J connectivity index is 1.79. The van der Waals surface area contributed by atoms with Crippen molar-refractivity contribution in [2.45, 2.75) is 24.3 Å². The Labute approximate surface area is 138 Å². The SMILES string of the molecule is C[C@@H](Cc1csc2ccccc12)NS(=O)(=O)c1ccccc1F. The molecule has 0 unspecified atom stereocenters. The Bertz CT molecular complexity index is 934. The largest absolute Gasteiger partial charge is 0.243 e. The van der Waals surface area contributed by atoms with Gasteiger partial charge in [-0.05, 0) is 47.9 Å². The third-order valence-electron chi connectivity index (χ3n) is 3.57. The topological polar surface area (TPSA) is 46.2 Å². The Hall–Kier alpha value is -1.76. The molecule has 0 aliphatic carbocycles. The summed E-state index contributed by atoms with van der Waals surface area (Å²) in [6, 6.07) is 13.1. The fourth-order valence-corrected chi connectivity index (χ4v) is 4.85. The molecule has 0 aliphatic heterocycles. The van der Waals surface area contributed by atoms with E-state index >= 15 is 0 Å². The van der Waals surface area contributed by atoms with Gasteiger partial charge in [-0.1, -0.05) is 30.3 Å². The number of sulfonamides is 1. The van der Waals surface area contributed by atoms with Crippen molar-refractivity contribution in [2.24, 2.45) is 0 Å². The maximum absolute atomic E-state index is 13.7. The monoisotopic (exact) mass is 349 g/mol. The molecule has 0 spiro atoms. The Morgan fingerprint density at radius 2 is 1.83 bits per heavy atom. The van der Waals surface area contributed by atoms with Crippen molar-refractivity contribution in [1.29, 1.82) is 0 Å². The second-order valence-corrected chi connectivity index (χ2v) is 8.01. The van der Waals surface area contributed by atoms with E-state index in [1.54, 1.807) is 18.3 Å². The minimum absolute atomic E-state index is 0.318. The van der Waals surface area contributed by atoms with Crippen LogP contribution in [0.1, 0.15) is 12.5 Å². The third-order valence-corrected chi connectivity index (χ3v) is 6.20. The zero-order chi connectivity index (χ0) is 16.4. The van der Waals surface area contributed by atoms with Gasteiger partial charge in [-0.3, -0.25) is 0 Å². The number of hydrogen-bond donors (Lipinski definition) is 1. The van der Waals surface area contributed by atoms with E-state index in [1.165, 1.54) is 22.9 Å². The molecule has 1 aromatic heterocycles. The zero-order valence-electron chi connectivity index (χ0n) is 12.5. The summed E-state index contributed by atoms with van der Waals surface area (Å²) in [5.41, 5.74) is 1.09. The minimum atomic E-state index is -3.87. The Morgan fingerprint density at radius 1 is 1.13 bits per heavy atom. The highest BCUT2D eigenvalue weighted by Gasteiger charge is 2.21. The first-order valence-electron chi connectivity index (χ1n) is 7.19. The van der Waals surface area contributed by atoms with Gasteiger partial charge in [-0.15, -0.1) is 11.3 Å². The molecule has 0 bridgehead atoms. The summed E-state index contributed by atoms with van der Waals surface area (Å²) < 4.78 is 42.0. The maximum atomic E-state index is 13.7. The van der Waals surface area contributed by atoms with Gasteiger partial charge in [-0.25, -0.2) is 17.5 Å². The zero-order valence-corrected chi connectivity index (χ0v) is 14.1. The van der Waals surface area contributed by atoms with Gasteiger partial charge < -0.3 is 0 Å². The fraction of sp³-hybridized carbons (Fsp3) is 0.176. The molecule has 0 aliphatic rings. The van der Waals surface area contributed by atoms with Crippen LogP contribution in [0.2, 0.25) is 0 Å². The van der Waals surface area contributed by atoms with Crippen molar-refractivity contribution in [3.8, 4) is 0 Å². The smallest absolute Gasteiger partial charge is 0.208 e. The van der Waals surface area contributed by atoms with Gasteiger partial charge in [0.2, 0.25) is 10.0 Å². The van der Waals surface area contributed by atoms with E-state index in [1.807, 2.05) is 29.6 Å². The number of hydrogen-bond acceptors (Lipinski definition) is 3. The quantitative estimate of drug-likeness (QED) is 0.758. The lowest BCUT2D eigenvalue weighted by Gasteiger charge is -2.14. The average molecular weight is 349 g/mol. The van der Waals surface area contributed by atoms with Gasteiger partial charge in [0.05, 0.1) is 0 Å². The summed E-state index contributed by atoms with van der Waals surface area (Å²) in [5, 5.41) is 3.17. The normalized spacial score (nSPS) is 13.3. The number of benzene rings is 2. The highest BCUT2D eigenvalue weighted by atomic mass is 32.2. The van der Waals surface area contributed by atoms with Gasteiger partial charge in [0.15, 0.2) is 0 Å². The van der Waals surface area contributed by atoms with E-state index in [0.717, 1.165) is 17.0 Å². The van der Waals surface area contributed by atoms with Crippen molar-refractivity contribution in [3.63, 3.8) is 0 Å². The number of thiophene rings is 1. The van der Waals surface area contributed by atoms with Gasteiger partial charge in [-0.2, -0.15) is 0 Å². The molecule has 0 fully saturated rings. The predicted octanol–water partition coefficient (Wildman–Crippen LogP) is 3.95. The molecular formula is C17H16FNO2S2. The van der Waals surface area contributed by atoms with Crippen LogP contribution in [0.15, 0.2) is 58.8 Å². The molecular weight excluding hydrogens is 333 g/mol. The summed E-state index contributed by atoms with van der Waals surface area (Å²) >= 11 is 1.64. The second kappa shape index (κ2) is 6.39. The van der Waals surface area contributed by atoms with Gasteiger partial charge in [0.1, 0.15) is 10.7 Å².